The van der Waals surface area contributed by atoms with Crippen molar-refractivity contribution in [1.29, 1.82) is 0 Å². The Morgan fingerprint density at radius 1 is 0.977 bits per heavy atom. The van der Waals surface area contributed by atoms with E-state index in [4.69, 9.17) is 4.74 Å². The maximum Gasteiger partial charge on any atom is 0.309 e. The lowest BCUT2D eigenvalue weighted by molar-refractivity contribution is -0.221. The van der Waals surface area contributed by atoms with Crippen molar-refractivity contribution in [3.63, 3.8) is 0 Å². The summed E-state index contributed by atoms with van der Waals surface area (Å²) in [5.41, 5.74) is 5.76. The van der Waals surface area contributed by atoms with E-state index in [9.17, 15) is 9.90 Å². The second kappa shape index (κ2) is 11.4. The summed E-state index contributed by atoms with van der Waals surface area (Å²) in [6.45, 7) is 23.4. The fourth-order valence-electron chi connectivity index (χ4n) is 13.5. The summed E-state index contributed by atoms with van der Waals surface area (Å²) in [7, 11) is 0. The number of ether oxygens (including phenoxy) is 1. The Hall–Kier alpha value is -1.39. The van der Waals surface area contributed by atoms with Crippen molar-refractivity contribution in [3.05, 3.63) is 35.5 Å². The molecule has 0 aromatic rings. The van der Waals surface area contributed by atoms with Crippen LogP contribution in [0.3, 0.4) is 0 Å². The van der Waals surface area contributed by atoms with Crippen LogP contribution >= 0.6 is 0 Å². The maximum absolute atomic E-state index is 12.4. The quantitative estimate of drug-likeness (QED) is 0.225. The average molecular weight is 606 g/mol. The molecule has 1 unspecified atom stereocenters. The van der Waals surface area contributed by atoms with Crippen LogP contribution in [0.25, 0.3) is 0 Å². The molecule has 0 aromatic carbocycles. The largest absolute Gasteiger partial charge is 0.466 e. The number of carbonyl (C=O) groups is 1. The van der Waals surface area contributed by atoms with Gasteiger partial charge < -0.3 is 15.2 Å². The van der Waals surface area contributed by atoms with Gasteiger partial charge in [-0.25, -0.2) is 0 Å². The fourth-order valence-corrected chi connectivity index (χ4v) is 13.5. The zero-order chi connectivity index (χ0) is 31.7. The summed E-state index contributed by atoms with van der Waals surface area (Å²) in [6, 6.07) is 0. The minimum atomic E-state index is -0.0146. The van der Waals surface area contributed by atoms with Crippen LogP contribution in [0.1, 0.15) is 126 Å². The van der Waals surface area contributed by atoms with Gasteiger partial charge in [0.15, 0.2) is 0 Å². The lowest BCUT2D eigenvalue weighted by Gasteiger charge is -2.72. The van der Waals surface area contributed by atoms with Crippen LogP contribution in [0.2, 0.25) is 0 Å². The molecular weight excluding hydrogens is 542 g/mol. The van der Waals surface area contributed by atoms with Gasteiger partial charge in [0.05, 0.1) is 19.1 Å². The third kappa shape index (κ3) is 4.61. The number of hydrogen-bond donors (Lipinski definition) is 2. The lowest BCUT2D eigenvalue weighted by Crippen LogP contribution is -2.68. The molecule has 4 heteroatoms. The molecular formula is C40H63NO3. The summed E-state index contributed by atoms with van der Waals surface area (Å²) in [5.74, 6) is 3.39. The van der Waals surface area contributed by atoms with Crippen LogP contribution in [0.4, 0.5) is 0 Å². The molecule has 0 bridgehead atoms. The number of carbonyl (C=O) groups excluding carboxylic acids is 1. The van der Waals surface area contributed by atoms with Crippen LogP contribution in [0.5, 0.6) is 0 Å². The first-order valence-corrected chi connectivity index (χ1v) is 18.4. The number of esters is 1. The Balaban J connectivity index is 1.29. The molecule has 44 heavy (non-hydrogen) atoms. The van der Waals surface area contributed by atoms with Crippen molar-refractivity contribution in [3.8, 4) is 0 Å². The van der Waals surface area contributed by atoms with Crippen molar-refractivity contribution < 1.29 is 14.6 Å². The summed E-state index contributed by atoms with van der Waals surface area (Å²) in [6.07, 6.45) is 19.4. The van der Waals surface area contributed by atoms with E-state index in [0.717, 1.165) is 31.1 Å². The minimum absolute atomic E-state index is 0.0146. The summed E-state index contributed by atoms with van der Waals surface area (Å²) >= 11 is 0. The van der Waals surface area contributed by atoms with Gasteiger partial charge in [0.25, 0.3) is 0 Å². The molecule has 6 aliphatic rings. The smallest absolute Gasteiger partial charge is 0.309 e. The third-order valence-electron chi connectivity index (χ3n) is 15.6. The van der Waals surface area contributed by atoms with Gasteiger partial charge in [0.2, 0.25) is 0 Å². The molecule has 4 saturated carbocycles. The molecule has 0 saturated heterocycles. The fraction of sp³-hybridized carbons (Fsp3) is 0.825. The number of rotatable bonds is 7. The van der Waals surface area contributed by atoms with Crippen LogP contribution in [0, 0.1) is 57.2 Å². The highest BCUT2D eigenvalue weighted by molar-refractivity contribution is 5.73. The molecule has 0 spiro atoms. The van der Waals surface area contributed by atoms with E-state index in [1.807, 2.05) is 6.92 Å². The number of allylic oxidation sites excluding steroid dienone is 5. The monoisotopic (exact) mass is 605 g/mol. The third-order valence-corrected chi connectivity index (χ3v) is 15.6. The standard InChI is InChI=1S/C40H63NO3/c1-9-44-35(43)28-12-10-27(11-13-28)30-17-19-37(6)32(36(30,4)5)18-20-39(8)33(37)15-14-31-34-29(26(2)3)16-21-40(34,41-24-25-42)23-22-38(31,39)7/h10,17,28-29,31-34,41-42H,2,9,11-16,18-25H2,1,3-8H3/t28?,29-,31+,32-,33+,34+,37-,38+,39+,40-/m0/s1. The summed E-state index contributed by atoms with van der Waals surface area (Å²) in [5, 5.41) is 13.7. The van der Waals surface area contributed by atoms with E-state index in [2.05, 4.69) is 65.6 Å². The number of β-amino-alcohol motifs (C(OH)–C–C–N with tert-alkyl or cyclic N) is 1. The zero-order valence-corrected chi connectivity index (χ0v) is 29.2. The van der Waals surface area contributed by atoms with Gasteiger partial charge in [-0.2, -0.15) is 0 Å². The van der Waals surface area contributed by atoms with Crippen molar-refractivity contribution in [2.24, 2.45) is 57.2 Å². The first kappa shape index (κ1) is 32.5. The van der Waals surface area contributed by atoms with E-state index in [1.165, 1.54) is 68.9 Å². The molecule has 10 atom stereocenters. The molecule has 4 nitrogen and oxygen atoms in total. The van der Waals surface area contributed by atoms with Gasteiger partial charge in [-0.15, -0.1) is 0 Å². The maximum atomic E-state index is 12.4. The normalized spacial score (nSPS) is 46.0. The van der Waals surface area contributed by atoms with Gasteiger partial charge in [-0.1, -0.05) is 58.9 Å². The van der Waals surface area contributed by atoms with Crippen molar-refractivity contribution in [1.82, 2.24) is 5.32 Å². The van der Waals surface area contributed by atoms with Crippen LogP contribution in [-0.4, -0.2) is 36.4 Å². The molecule has 0 heterocycles. The number of aliphatic hydroxyl groups excluding tert-OH is 1. The second-order valence-corrected chi connectivity index (χ2v) is 17.5. The van der Waals surface area contributed by atoms with E-state index in [1.54, 1.807) is 5.57 Å². The SMILES string of the molecule is C=C(C)[C@@H]1CC[C@]2(NCCO)CC[C@]3(C)[C@H](CC[C@@H]4[C@@]5(C)CC=C(C6=CCC(C(=O)OCC)CC6)C(C)(C)[C@@H]5CC[C@]43C)[C@@H]12. The molecule has 2 N–H and O–H groups in total. The zero-order valence-electron chi connectivity index (χ0n) is 29.2. The number of hydrogen-bond acceptors (Lipinski definition) is 4. The van der Waals surface area contributed by atoms with Crippen molar-refractivity contribution in [2.75, 3.05) is 19.8 Å². The van der Waals surface area contributed by atoms with E-state index in [0.29, 0.717) is 47.2 Å². The lowest BCUT2D eigenvalue weighted by atomic mass is 9.33. The second-order valence-electron chi connectivity index (χ2n) is 17.5. The minimum Gasteiger partial charge on any atom is -0.466 e. The predicted molar refractivity (Wildman–Crippen MR) is 180 cm³/mol. The number of aliphatic hydroxyl groups is 1. The van der Waals surface area contributed by atoms with Crippen molar-refractivity contribution in [2.45, 2.75) is 131 Å². The molecule has 0 aromatic heterocycles. The molecule has 6 rings (SSSR count). The first-order chi connectivity index (χ1) is 20.8. The number of nitrogens with one attached hydrogen (secondary N) is 1. The Morgan fingerprint density at radius 3 is 2.41 bits per heavy atom. The molecule has 0 amide bonds. The highest BCUT2D eigenvalue weighted by atomic mass is 16.5. The van der Waals surface area contributed by atoms with E-state index in [-0.39, 0.29) is 29.4 Å². The topological polar surface area (TPSA) is 58.6 Å². The molecule has 4 fully saturated rings. The van der Waals surface area contributed by atoms with Gasteiger partial charge >= 0.3 is 5.97 Å². The predicted octanol–water partition coefficient (Wildman–Crippen LogP) is 8.80. The molecule has 0 aliphatic heterocycles. The van der Waals surface area contributed by atoms with Crippen LogP contribution in [-0.2, 0) is 9.53 Å². The Morgan fingerprint density at radius 2 is 1.75 bits per heavy atom. The first-order valence-electron chi connectivity index (χ1n) is 18.4. The molecule has 246 valence electrons. The molecule has 6 aliphatic carbocycles. The summed E-state index contributed by atoms with van der Waals surface area (Å²) < 4.78 is 5.36. The van der Waals surface area contributed by atoms with E-state index >= 15 is 0 Å². The van der Waals surface area contributed by atoms with Crippen LogP contribution in [0.15, 0.2) is 35.5 Å². The molecule has 0 radical (unpaired) electrons. The van der Waals surface area contributed by atoms with Crippen molar-refractivity contribution >= 4 is 5.97 Å². The highest BCUT2D eigenvalue weighted by Gasteiger charge is 2.70. The van der Waals surface area contributed by atoms with Crippen LogP contribution < -0.4 is 5.32 Å². The average Bonchev–Trinajstić information content (AvgIpc) is 3.37. The van der Waals surface area contributed by atoms with Gasteiger partial charge in [0, 0.05) is 12.1 Å². The van der Waals surface area contributed by atoms with Gasteiger partial charge in [-0.05, 0) is 153 Å². The number of fused-ring (bicyclic) bond motifs is 7. The Labute approximate surface area is 268 Å². The Kier molecular flexibility index (Phi) is 8.43. The Bertz CT molecular complexity index is 1210. The van der Waals surface area contributed by atoms with Gasteiger partial charge in [0.1, 0.15) is 0 Å². The highest BCUT2D eigenvalue weighted by Crippen LogP contribution is 2.76. The van der Waals surface area contributed by atoms with Gasteiger partial charge in [-0.3, -0.25) is 4.79 Å². The summed E-state index contributed by atoms with van der Waals surface area (Å²) in [4.78, 5) is 12.4. The van der Waals surface area contributed by atoms with E-state index < -0.39 is 0 Å².